The highest BCUT2D eigenvalue weighted by Gasteiger charge is 2.41. The van der Waals surface area contributed by atoms with Gasteiger partial charge in [0.2, 0.25) is 0 Å². The van der Waals surface area contributed by atoms with Crippen LogP contribution in [-0.2, 0) is 33.6 Å². The maximum atomic E-state index is 14.0. The van der Waals surface area contributed by atoms with Gasteiger partial charge in [-0.25, -0.2) is 12.8 Å². The predicted molar refractivity (Wildman–Crippen MR) is 118 cm³/mol. The van der Waals surface area contributed by atoms with Crippen molar-refractivity contribution in [1.29, 1.82) is 0 Å². The molecule has 5 nitrogen and oxygen atoms in total. The van der Waals surface area contributed by atoms with Gasteiger partial charge in [-0.15, -0.1) is 0 Å². The molecule has 1 unspecified atom stereocenters. The number of benzene rings is 3. The Bertz CT molecular complexity index is 1480. The highest BCUT2D eigenvalue weighted by molar-refractivity contribution is 7.92. The third-order valence-electron chi connectivity index (χ3n) is 5.80. The van der Waals surface area contributed by atoms with Gasteiger partial charge in [0.25, 0.3) is 10.0 Å². The molecule has 0 saturated carbocycles. The first kappa shape index (κ1) is 26.5. The molecule has 13 heteroatoms. The van der Waals surface area contributed by atoms with Crippen LogP contribution < -0.4 is 4.31 Å². The average molecular weight is 547 g/mol. The van der Waals surface area contributed by atoms with Crippen LogP contribution in [0.5, 0.6) is 0 Å². The molecule has 1 aliphatic heterocycles. The summed E-state index contributed by atoms with van der Waals surface area (Å²) in [4.78, 5) is 10.7. The summed E-state index contributed by atoms with van der Waals surface area (Å²) < 4.78 is 121. The molecule has 0 spiro atoms. The summed E-state index contributed by atoms with van der Waals surface area (Å²) in [6, 6.07) is 7.29. The number of carboxylic acids is 1. The average Bonchev–Trinajstić information content (AvgIpc) is 3.14. The third-order valence-corrected chi connectivity index (χ3v) is 7.66. The van der Waals surface area contributed by atoms with Crippen molar-refractivity contribution in [1.82, 2.24) is 0 Å². The van der Waals surface area contributed by atoms with Crippen molar-refractivity contribution >= 4 is 21.7 Å². The summed E-state index contributed by atoms with van der Waals surface area (Å²) >= 11 is 0. The lowest BCUT2D eigenvalue weighted by atomic mass is 9.99. The van der Waals surface area contributed by atoms with E-state index in [0.717, 1.165) is 24.3 Å². The number of alkyl halides is 6. The Morgan fingerprint density at radius 1 is 0.892 bits per heavy atom. The fraction of sp³-hybridized carbons (Fsp3) is 0.208. The van der Waals surface area contributed by atoms with Crippen molar-refractivity contribution in [3.63, 3.8) is 0 Å². The summed E-state index contributed by atoms with van der Waals surface area (Å²) in [6.07, 6.45) is -10.5. The highest BCUT2D eigenvalue weighted by Crippen LogP contribution is 2.42. The van der Waals surface area contributed by atoms with Gasteiger partial charge in [0.1, 0.15) is 5.82 Å². The molecule has 0 bridgehead atoms. The van der Waals surface area contributed by atoms with E-state index in [9.17, 15) is 49.1 Å². The number of carboxylic acid groups (broad SMARTS) is 1. The number of hydrogen-bond acceptors (Lipinski definition) is 3. The molecule has 0 aliphatic carbocycles. The van der Waals surface area contributed by atoms with Crippen molar-refractivity contribution in [2.24, 2.45) is 0 Å². The molecule has 37 heavy (non-hydrogen) atoms. The van der Waals surface area contributed by atoms with E-state index in [1.807, 2.05) is 0 Å². The van der Waals surface area contributed by atoms with Crippen molar-refractivity contribution in [2.75, 3.05) is 4.31 Å². The second-order valence-electron chi connectivity index (χ2n) is 8.35. The van der Waals surface area contributed by atoms with Crippen LogP contribution in [0.1, 0.15) is 23.1 Å². The van der Waals surface area contributed by atoms with E-state index >= 15 is 0 Å². The smallest absolute Gasteiger partial charge is 0.416 e. The minimum absolute atomic E-state index is 0.0102. The number of aliphatic carboxylic acids is 1. The van der Waals surface area contributed by atoms with Crippen LogP contribution in [0.15, 0.2) is 65.6 Å². The molecule has 0 fully saturated rings. The standard InChI is InChI=1S/C24H16F7NO4S/c25-18-7-15(6-17(10-18)24(29,30)31)13-4-5-14-8-19(12-22(33)34)32(21(14)9-13)37(35,36)20-3-1-2-16(11-20)23(26,27)28/h1-7,9-11,19H,8,12H2,(H,33,34). The van der Waals surface area contributed by atoms with Crippen LogP contribution in [0, 0.1) is 5.82 Å². The Kier molecular flexibility index (Phi) is 6.47. The van der Waals surface area contributed by atoms with E-state index in [4.69, 9.17) is 0 Å². The molecule has 196 valence electrons. The van der Waals surface area contributed by atoms with Gasteiger partial charge in [0, 0.05) is 0 Å². The zero-order valence-electron chi connectivity index (χ0n) is 18.4. The number of rotatable bonds is 5. The van der Waals surface area contributed by atoms with Gasteiger partial charge < -0.3 is 5.11 Å². The number of nitrogens with zero attached hydrogens (tertiary/aromatic N) is 1. The normalized spacial score (nSPS) is 16.1. The Balaban J connectivity index is 1.86. The van der Waals surface area contributed by atoms with E-state index in [0.29, 0.717) is 34.1 Å². The van der Waals surface area contributed by atoms with Crippen LogP contribution in [0.4, 0.5) is 36.4 Å². The quantitative estimate of drug-likeness (QED) is 0.391. The highest BCUT2D eigenvalue weighted by atomic mass is 32.2. The monoisotopic (exact) mass is 547 g/mol. The Morgan fingerprint density at radius 3 is 2.19 bits per heavy atom. The molecule has 0 aromatic heterocycles. The van der Waals surface area contributed by atoms with Crippen LogP contribution in [0.3, 0.4) is 0 Å². The second-order valence-corrected chi connectivity index (χ2v) is 10.2. The molecule has 4 rings (SSSR count). The number of carbonyl (C=O) groups is 1. The SMILES string of the molecule is O=C(O)CC1Cc2ccc(-c3cc(F)cc(C(F)(F)F)c3)cc2N1S(=O)(=O)c1cccc(C(F)(F)F)c1. The van der Waals surface area contributed by atoms with Crippen molar-refractivity contribution in [2.45, 2.75) is 36.1 Å². The molecule has 1 heterocycles. The van der Waals surface area contributed by atoms with Crippen molar-refractivity contribution in [3.8, 4) is 11.1 Å². The summed E-state index contributed by atoms with van der Waals surface area (Å²) in [7, 11) is -4.75. The number of hydrogen-bond donors (Lipinski definition) is 1. The molecule has 3 aromatic carbocycles. The lowest BCUT2D eigenvalue weighted by Crippen LogP contribution is -2.39. The molecule has 0 amide bonds. The zero-order chi connectivity index (χ0) is 27.3. The van der Waals surface area contributed by atoms with Gasteiger partial charge in [0.15, 0.2) is 0 Å². The second kappa shape index (κ2) is 9.05. The summed E-state index contributed by atoms with van der Waals surface area (Å²) in [5, 5.41) is 9.31. The summed E-state index contributed by atoms with van der Waals surface area (Å²) in [6.45, 7) is 0. The van der Waals surface area contributed by atoms with Gasteiger partial charge in [-0.1, -0.05) is 18.2 Å². The molecule has 1 aliphatic rings. The molecule has 0 saturated heterocycles. The number of halogens is 7. The molecule has 3 aromatic rings. The maximum absolute atomic E-state index is 14.0. The molecular formula is C24H16F7NO4S. The number of fused-ring (bicyclic) bond motifs is 1. The maximum Gasteiger partial charge on any atom is 0.416 e. The molecule has 1 atom stereocenters. The van der Waals surface area contributed by atoms with Crippen LogP contribution in [0.25, 0.3) is 11.1 Å². The molecule has 1 N–H and O–H groups in total. The van der Waals surface area contributed by atoms with E-state index < -0.39 is 62.6 Å². The number of anilines is 1. The van der Waals surface area contributed by atoms with Gasteiger partial charge in [-0.05, 0) is 65.6 Å². The lowest BCUT2D eigenvalue weighted by Gasteiger charge is -2.26. The summed E-state index contributed by atoms with van der Waals surface area (Å²) in [5.74, 6) is -2.57. The Hall–Kier alpha value is -3.61. The molecular weight excluding hydrogens is 531 g/mol. The fourth-order valence-corrected chi connectivity index (χ4v) is 5.93. The third kappa shape index (κ3) is 5.26. The van der Waals surface area contributed by atoms with Gasteiger partial charge in [-0.3, -0.25) is 9.10 Å². The minimum Gasteiger partial charge on any atom is -0.481 e. The first-order valence-corrected chi connectivity index (χ1v) is 12.0. The first-order chi connectivity index (χ1) is 17.1. The molecule has 0 radical (unpaired) electrons. The van der Waals surface area contributed by atoms with Gasteiger partial charge in [-0.2, -0.15) is 26.3 Å². The van der Waals surface area contributed by atoms with Crippen molar-refractivity contribution < 1.29 is 49.1 Å². The van der Waals surface area contributed by atoms with Crippen LogP contribution in [-0.4, -0.2) is 25.5 Å². The Labute approximate surface area is 205 Å². The first-order valence-electron chi connectivity index (χ1n) is 10.5. The van der Waals surface area contributed by atoms with Crippen LogP contribution >= 0.6 is 0 Å². The van der Waals surface area contributed by atoms with E-state index in [1.54, 1.807) is 0 Å². The number of sulfonamides is 1. The van der Waals surface area contributed by atoms with E-state index in [-0.39, 0.29) is 23.2 Å². The van der Waals surface area contributed by atoms with E-state index in [2.05, 4.69) is 0 Å². The lowest BCUT2D eigenvalue weighted by molar-refractivity contribution is -0.138. The van der Waals surface area contributed by atoms with Gasteiger partial charge >= 0.3 is 18.3 Å². The van der Waals surface area contributed by atoms with Gasteiger partial charge in [0.05, 0.1) is 34.2 Å². The van der Waals surface area contributed by atoms with E-state index in [1.165, 1.54) is 12.1 Å². The predicted octanol–water partition coefficient (Wildman–Crippen LogP) is 6.13. The van der Waals surface area contributed by atoms with Crippen molar-refractivity contribution in [3.05, 3.63) is 83.2 Å². The summed E-state index contributed by atoms with van der Waals surface area (Å²) in [5.41, 5.74) is -2.58. The fourth-order valence-electron chi connectivity index (χ4n) is 4.20. The zero-order valence-corrected chi connectivity index (χ0v) is 19.3. The largest absolute Gasteiger partial charge is 0.481 e. The topological polar surface area (TPSA) is 74.7 Å². The Morgan fingerprint density at radius 2 is 1.57 bits per heavy atom. The minimum atomic E-state index is -4.86. The van der Waals surface area contributed by atoms with Crippen LogP contribution in [0.2, 0.25) is 0 Å².